The Bertz CT molecular complexity index is 1420. The highest BCUT2D eigenvalue weighted by atomic mass is 79.9. The number of halogens is 1. The van der Waals surface area contributed by atoms with Crippen LogP contribution in [0.25, 0.3) is 0 Å². The molecule has 4 aromatic rings. The fourth-order valence-corrected chi connectivity index (χ4v) is 7.42. The van der Waals surface area contributed by atoms with Crippen LogP contribution in [0.1, 0.15) is 53.3 Å². The number of hydrogen-bond donors (Lipinski definition) is 0. The molecule has 0 aliphatic carbocycles. The Balaban J connectivity index is 1.23. The lowest BCUT2D eigenvalue weighted by atomic mass is 9.70. The van der Waals surface area contributed by atoms with E-state index in [4.69, 9.17) is 4.98 Å². The van der Waals surface area contributed by atoms with Crippen molar-refractivity contribution < 1.29 is 4.79 Å². The number of amides is 1. The second-order valence-electron chi connectivity index (χ2n) is 11.5. The maximum Gasteiger partial charge on any atom is 0.237 e. The van der Waals surface area contributed by atoms with E-state index in [1.54, 1.807) is 4.90 Å². The second-order valence-corrected chi connectivity index (χ2v) is 12.4. The number of likely N-dealkylation sites (tertiary alicyclic amines) is 1. The molecule has 206 valence electrons. The van der Waals surface area contributed by atoms with Gasteiger partial charge in [0.05, 0.1) is 0 Å². The molecule has 1 atom stereocenters. The number of piperidine rings is 1. The fraction of sp³-hybridized carbons (Fsp3) is 0.353. The third-order valence-corrected chi connectivity index (χ3v) is 9.51. The largest absolute Gasteiger partial charge is 0.348 e. The van der Waals surface area contributed by atoms with Gasteiger partial charge in [0.25, 0.3) is 0 Å². The molecule has 40 heavy (non-hydrogen) atoms. The second kappa shape index (κ2) is 11.3. The van der Waals surface area contributed by atoms with E-state index in [1.165, 1.54) is 17.0 Å². The first-order valence-corrected chi connectivity index (χ1v) is 15.1. The molecule has 0 radical (unpaired) electrons. The number of benzene rings is 3. The lowest BCUT2D eigenvalue weighted by molar-refractivity contribution is -0.133. The van der Waals surface area contributed by atoms with Crippen molar-refractivity contribution >= 4 is 21.8 Å². The standard InChI is InChI=1S/C34H37BrN4O/c1-37(2)33(40)34(27-9-5-3-6-10-27,28-11-7-4-8-12-28)17-21-38-19-15-25(16-20-38)31-30-14-13-29(35)23-26(30)24-39-22-18-36-32(31)39/h3-14,18,22-23,25,31H,15-17,19-21,24H2,1-2H3. The number of aromatic nitrogens is 2. The van der Waals surface area contributed by atoms with Crippen LogP contribution in [0.5, 0.6) is 0 Å². The van der Waals surface area contributed by atoms with Crippen LogP contribution in [-0.2, 0) is 16.8 Å². The van der Waals surface area contributed by atoms with E-state index in [-0.39, 0.29) is 5.91 Å². The van der Waals surface area contributed by atoms with Gasteiger partial charge in [0.1, 0.15) is 11.2 Å². The normalized spacial score (nSPS) is 17.7. The summed E-state index contributed by atoms with van der Waals surface area (Å²) in [7, 11) is 3.75. The molecule has 6 heteroatoms. The van der Waals surface area contributed by atoms with E-state index >= 15 is 0 Å². The highest BCUT2D eigenvalue weighted by Gasteiger charge is 2.43. The molecular weight excluding hydrogens is 560 g/mol. The van der Waals surface area contributed by atoms with Crippen molar-refractivity contribution in [2.45, 2.75) is 37.1 Å². The van der Waals surface area contributed by atoms with Crippen molar-refractivity contribution in [3.8, 4) is 0 Å². The monoisotopic (exact) mass is 596 g/mol. The van der Waals surface area contributed by atoms with Crippen LogP contribution in [0.2, 0.25) is 0 Å². The van der Waals surface area contributed by atoms with Gasteiger partial charge in [0.2, 0.25) is 5.91 Å². The van der Waals surface area contributed by atoms with Gasteiger partial charge in [-0.05, 0) is 79.2 Å². The molecule has 1 amide bonds. The van der Waals surface area contributed by atoms with E-state index in [1.807, 2.05) is 56.7 Å². The predicted octanol–water partition coefficient (Wildman–Crippen LogP) is 6.32. The predicted molar refractivity (Wildman–Crippen MR) is 163 cm³/mol. The molecule has 0 saturated carbocycles. The van der Waals surface area contributed by atoms with Gasteiger partial charge in [-0.2, -0.15) is 0 Å². The molecule has 1 fully saturated rings. The van der Waals surface area contributed by atoms with Crippen molar-refractivity contribution in [1.29, 1.82) is 0 Å². The van der Waals surface area contributed by atoms with E-state index in [0.29, 0.717) is 11.8 Å². The van der Waals surface area contributed by atoms with Gasteiger partial charge in [0, 0.05) is 43.4 Å². The topological polar surface area (TPSA) is 41.4 Å². The maximum atomic E-state index is 14.0. The van der Waals surface area contributed by atoms with Gasteiger partial charge < -0.3 is 14.4 Å². The van der Waals surface area contributed by atoms with Crippen LogP contribution in [-0.4, -0.2) is 59.0 Å². The van der Waals surface area contributed by atoms with Crippen LogP contribution in [0.4, 0.5) is 0 Å². The summed E-state index contributed by atoms with van der Waals surface area (Å²) < 4.78 is 3.46. The summed E-state index contributed by atoms with van der Waals surface area (Å²) in [6.07, 6.45) is 7.06. The average molecular weight is 598 g/mol. The first-order valence-electron chi connectivity index (χ1n) is 14.3. The van der Waals surface area contributed by atoms with E-state index < -0.39 is 5.41 Å². The highest BCUT2D eigenvalue weighted by molar-refractivity contribution is 9.10. The molecular formula is C34H37BrN4O. The number of likely N-dealkylation sites (N-methyl/N-ethyl adjacent to an activating group) is 1. The molecule has 6 rings (SSSR count). The Labute approximate surface area is 246 Å². The molecule has 3 heterocycles. The van der Waals surface area contributed by atoms with Crippen molar-refractivity contribution in [3.05, 3.63) is 124 Å². The van der Waals surface area contributed by atoms with E-state index in [2.05, 4.69) is 74.1 Å². The Hall–Kier alpha value is -3.22. The lowest BCUT2D eigenvalue weighted by Gasteiger charge is -2.41. The number of fused-ring (bicyclic) bond motifs is 2. The molecule has 2 aliphatic heterocycles. The number of hydrogen-bond acceptors (Lipinski definition) is 3. The molecule has 2 aliphatic rings. The van der Waals surface area contributed by atoms with Crippen LogP contribution >= 0.6 is 15.9 Å². The molecule has 3 aromatic carbocycles. The summed E-state index contributed by atoms with van der Waals surface area (Å²) in [4.78, 5) is 23.2. The van der Waals surface area contributed by atoms with Crippen LogP contribution < -0.4 is 0 Å². The first kappa shape index (κ1) is 27.0. The van der Waals surface area contributed by atoms with Crippen molar-refractivity contribution in [2.75, 3.05) is 33.7 Å². The number of imidazole rings is 1. The smallest absolute Gasteiger partial charge is 0.237 e. The third-order valence-electron chi connectivity index (χ3n) is 9.02. The highest BCUT2D eigenvalue weighted by Crippen LogP contribution is 2.43. The SMILES string of the molecule is CN(C)C(=O)C(CCN1CCC(C2c3ccc(Br)cc3Cn3ccnc32)CC1)(c1ccccc1)c1ccccc1. The molecule has 1 unspecified atom stereocenters. The van der Waals surface area contributed by atoms with Gasteiger partial charge in [-0.3, -0.25) is 4.79 Å². The third kappa shape index (κ3) is 4.92. The summed E-state index contributed by atoms with van der Waals surface area (Å²) in [5, 5.41) is 0. The number of nitrogens with zero attached hydrogens (tertiary/aromatic N) is 4. The van der Waals surface area contributed by atoms with Crippen LogP contribution in [0.3, 0.4) is 0 Å². The minimum Gasteiger partial charge on any atom is -0.348 e. The summed E-state index contributed by atoms with van der Waals surface area (Å²) >= 11 is 3.67. The van der Waals surface area contributed by atoms with Gasteiger partial charge >= 0.3 is 0 Å². The molecule has 1 saturated heterocycles. The summed E-state index contributed by atoms with van der Waals surface area (Å²) in [5.41, 5.74) is 4.23. The van der Waals surface area contributed by atoms with Crippen LogP contribution in [0, 0.1) is 5.92 Å². The van der Waals surface area contributed by atoms with Crippen molar-refractivity contribution in [3.63, 3.8) is 0 Å². The first-order chi connectivity index (χ1) is 19.5. The lowest BCUT2D eigenvalue weighted by Crippen LogP contribution is -2.47. The molecule has 0 spiro atoms. The summed E-state index contributed by atoms with van der Waals surface area (Å²) in [5.74, 6) is 2.22. The zero-order chi connectivity index (χ0) is 27.7. The Morgan fingerprint density at radius 2 is 1.62 bits per heavy atom. The maximum absolute atomic E-state index is 14.0. The van der Waals surface area contributed by atoms with Gasteiger partial charge in [-0.25, -0.2) is 4.98 Å². The molecule has 5 nitrogen and oxygen atoms in total. The van der Waals surface area contributed by atoms with Gasteiger partial charge in [-0.15, -0.1) is 0 Å². The molecule has 0 N–H and O–H groups in total. The molecule has 0 bridgehead atoms. The minimum absolute atomic E-state index is 0.136. The Kier molecular flexibility index (Phi) is 7.65. The summed E-state index contributed by atoms with van der Waals surface area (Å²) in [6, 6.07) is 27.4. The average Bonchev–Trinajstić information content (AvgIpc) is 3.45. The van der Waals surface area contributed by atoms with E-state index in [9.17, 15) is 4.79 Å². The zero-order valence-electron chi connectivity index (χ0n) is 23.3. The van der Waals surface area contributed by atoms with Crippen LogP contribution in [0.15, 0.2) is 95.7 Å². The number of carbonyl (C=O) groups is 1. The van der Waals surface area contributed by atoms with Gasteiger partial charge in [0.15, 0.2) is 0 Å². The van der Waals surface area contributed by atoms with Gasteiger partial charge in [-0.1, -0.05) is 82.7 Å². The number of rotatable bonds is 7. The quantitative estimate of drug-likeness (QED) is 0.251. The fourth-order valence-electron chi connectivity index (χ4n) is 7.01. The summed E-state index contributed by atoms with van der Waals surface area (Å²) in [6.45, 7) is 3.83. The van der Waals surface area contributed by atoms with Crippen molar-refractivity contribution in [1.82, 2.24) is 19.4 Å². The Morgan fingerprint density at radius 3 is 2.25 bits per heavy atom. The van der Waals surface area contributed by atoms with Crippen molar-refractivity contribution in [2.24, 2.45) is 5.92 Å². The zero-order valence-corrected chi connectivity index (χ0v) is 24.9. The Morgan fingerprint density at radius 1 is 0.975 bits per heavy atom. The number of carbonyl (C=O) groups excluding carboxylic acids is 1. The van der Waals surface area contributed by atoms with E-state index in [0.717, 1.165) is 61.0 Å². The molecule has 1 aromatic heterocycles. The minimum atomic E-state index is -0.719.